The molecule has 6 aromatic rings. The molecule has 2 aromatic carbocycles. The highest BCUT2D eigenvalue weighted by atomic mass is 19.1. The average Bonchev–Trinajstić information content (AvgIpc) is 3.69. The van der Waals surface area contributed by atoms with Crippen molar-refractivity contribution in [3.63, 3.8) is 0 Å². The largest absolute Gasteiger partial charge is 0.384 e. The molecule has 4 heterocycles. The smallest absolute Gasteiger partial charge is 0.227 e. The second-order valence-electron chi connectivity index (χ2n) is 12.4. The van der Waals surface area contributed by atoms with Gasteiger partial charge in [-0.3, -0.25) is 14.9 Å². The predicted octanol–water partition coefficient (Wildman–Crippen LogP) is 7.47. The number of anilines is 2. The average molecular weight is 617 g/mol. The highest BCUT2D eigenvalue weighted by Crippen LogP contribution is 2.36. The van der Waals surface area contributed by atoms with E-state index in [0.717, 1.165) is 87.8 Å². The lowest BCUT2D eigenvalue weighted by atomic mass is 9.88. The van der Waals surface area contributed by atoms with Gasteiger partial charge in [0, 0.05) is 64.5 Å². The minimum Gasteiger partial charge on any atom is -0.384 e. The van der Waals surface area contributed by atoms with Crippen molar-refractivity contribution in [2.24, 2.45) is 5.92 Å². The first kappa shape index (κ1) is 29.6. The molecule has 9 nitrogen and oxygen atoms in total. The summed E-state index contributed by atoms with van der Waals surface area (Å²) in [6, 6.07) is 17.1. The van der Waals surface area contributed by atoms with E-state index in [1.54, 1.807) is 24.7 Å². The van der Waals surface area contributed by atoms with E-state index in [-0.39, 0.29) is 17.6 Å². The van der Waals surface area contributed by atoms with Gasteiger partial charge in [0.1, 0.15) is 5.82 Å². The molecule has 46 heavy (non-hydrogen) atoms. The van der Waals surface area contributed by atoms with Crippen LogP contribution in [0.5, 0.6) is 0 Å². The Labute approximate surface area is 266 Å². The molecule has 7 rings (SSSR count). The Morgan fingerprint density at radius 2 is 1.76 bits per heavy atom. The molecule has 1 aliphatic rings. The van der Waals surface area contributed by atoms with Crippen molar-refractivity contribution in [3.8, 4) is 33.6 Å². The number of carbonyl (C=O) groups excluding carboxylic acids is 1. The van der Waals surface area contributed by atoms with Crippen molar-refractivity contribution in [1.82, 2.24) is 30.0 Å². The molecular formula is C36H37FN8O. The number of aromatic amines is 2. The number of hydrogen-bond acceptors (Lipinski definition) is 6. The Bertz CT molecular complexity index is 2020. The number of fused-ring (bicyclic) bond motifs is 2. The zero-order valence-electron chi connectivity index (χ0n) is 26.0. The maximum absolute atomic E-state index is 14.7. The summed E-state index contributed by atoms with van der Waals surface area (Å²) in [6.45, 7) is 1.56. The molecule has 0 unspecified atom stereocenters. The SMILES string of the molecule is CN(C)CCNc1cc(F)cc(-c2cccc3[nH]c(-c4[nH]nc5ncc(-c6cncc(NC(=O)C7CCCCC7)c6)cc45)cc23)c1. The van der Waals surface area contributed by atoms with Crippen LogP contribution in [0.4, 0.5) is 15.8 Å². The number of halogens is 1. The topological polar surface area (TPSA) is 115 Å². The maximum Gasteiger partial charge on any atom is 0.227 e. The van der Waals surface area contributed by atoms with Crippen LogP contribution in [-0.2, 0) is 4.79 Å². The highest BCUT2D eigenvalue weighted by Gasteiger charge is 2.21. The van der Waals surface area contributed by atoms with Crippen LogP contribution in [0.2, 0.25) is 0 Å². The Hall–Kier alpha value is -5.09. The summed E-state index contributed by atoms with van der Waals surface area (Å²) >= 11 is 0. The minimum atomic E-state index is -0.289. The second-order valence-corrected chi connectivity index (χ2v) is 12.4. The van der Waals surface area contributed by atoms with E-state index in [2.05, 4.69) is 46.7 Å². The Kier molecular flexibility index (Phi) is 8.19. The van der Waals surface area contributed by atoms with Gasteiger partial charge in [-0.25, -0.2) is 9.37 Å². The van der Waals surface area contributed by atoms with Crippen molar-refractivity contribution < 1.29 is 9.18 Å². The zero-order chi connectivity index (χ0) is 31.6. The lowest BCUT2D eigenvalue weighted by Crippen LogP contribution is -2.24. The lowest BCUT2D eigenvalue weighted by molar-refractivity contribution is -0.120. The quantitative estimate of drug-likeness (QED) is 0.134. The van der Waals surface area contributed by atoms with Crippen LogP contribution in [0.3, 0.4) is 0 Å². The summed E-state index contributed by atoms with van der Waals surface area (Å²) in [5, 5.41) is 15.9. The molecule has 1 saturated carbocycles. The number of amides is 1. The van der Waals surface area contributed by atoms with Gasteiger partial charge in [0.2, 0.25) is 5.91 Å². The van der Waals surface area contributed by atoms with Crippen molar-refractivity contribution in [2.45, 2.75) is 32.1 Å². The van der Waals surface area contributed by atoms with Crippen LogP contribution in [0.15, 0.2) is 73.2 Å². The summed E-state index contributed by atoms with van der Waals surface area (Å²) in [5.74, 6) is -0.158. The minimum absolute atomic E-state index is 0.0634. The van der Waals surface area contributed by atoms with E-state index in [1.807, 2.05) is 50.5 Å². The summed E-state index contributed by atoms with van der Waals surface area (Å²) in [4.78, 5) is 27.5. The van der Waals surface area contributed by atoms with Gasteiger partial charge in [-0.1, -0.05) is 31.4 Å². The number of carbonyl (C=O) groups is 1. The Morgan fingerprint density at radius 3 is 2.61 bits per heavy atom. The van der Waals surface area contributed by atoms with Crippen LogP contribution in [-0.4, -0.2) is 63.1 Å². The van der Waals surface area contributed by atoms with Gasteiger partial charge in [0.25, 0.3) is 0 Å². The van der Waals surface area contributed by atoms with Gasteiger partial charge in [0.15, 0.2) is 5.65 Å². The normalized spacial score (nSPS) is 13.9. The third-order valence-electron chi connectivity index (χ3n) is 8.76. The molecule has 4 aromatic heterocycles. The van der Waals surface area contributed by atoms with E-state index >= 15 is 0 Å². The number of nitrogens with zero attached hydrogens (tertiary/aromatic N) is 4. The number of rotatable bonds is 9. The summed E-state index contributed by atoms with van der Waals surface area (Å²) in [6.07, 6.45) is 10.5. The highest BCUT2D eigenvalue weighted by molar-refractivity contribution is 6.01. The Morgan fingerprint density at radius 1 is 0.935 bits per heavy atom. The Balaban J connectivity index is 1.19. The van der Waals surface area contributed by atoms with Crippen molar-refractivity contribution >= 4 is 39.2 Å². The lowest BCUT2D eigenvalue weighted by Gasteiger charge is -2.20. The van der Waals surface area contributed by atoms with E-state index in [0.29, 0.717) is 17.9 Å². The van der Waals surface area contributed by atoms with Gasteiger partial charge >= 0.3 is 0 Å². The molecule has 10 heteroatoms. The van der Waals surface area contributed by atoms with E-state index in [9.17, 15) is 9.18 Å². The second kappa shape index (κ2) is 12.7. The van der Waals surface area contributed by atoms with Gasteiger partial charge < -0.3 is 20.5 Å². The summed E-state index contributed by atoms with van der Waals surface area (Å²) in [5.41, 5.74) is 8.02. The molecule has 0 saturated heterocycles. The molecule has 1 fully saturated rings. The van der Waals surface area contributed by atoms with E-state index in [1.165, 1.54) is 12.5 Å². The van der Waals surface area contributed by atoms with Gasteiger partial charge in [-0.15, -0.1) is 0 Å². The number of nitrogens with one attached hydrogen (secondary N) is 4. The molecule has 0 aliphatic heterocycles. The van der Waals surface area contributed by atoms with Gasteiger partial charge in [0.05, 0.1) is 23.3 Å². The number of benzene rings is 2. The van der Waals surface area contributed by atoms with E-state index < -0.39 is 0 Å². The molecule has 0 atom stereocenters. The van der Waals surface area contributed by atoms with Crippen LogP contribution >= 0.6 is 0 Å². The third-order valence-corrected chi connectivity index (χ3v) is 8.76. The first-order valence-corrected chi connectivity index (χ1v) is 15.8. The van der Waals surface area contributed by atoms with Gasteiger partial charge in [-0.2, -0.15) is 5.10 Å². The molecule has 0 radical (unpaired) electrons. The van der Waals surface area contributed by atoms with Crippen LogP contribution < -0.4 is 10.6 Å². The summed E-state index contributed by atoms with van der Waals surface area (Å²) in [7, 11) is 4.02. The molecule has 4 N–H and O–H groups in total. The zero-order valence-corrected chi connectivity index (χ0v) is 26.0. The van der Waals surface area contributed by atoms with Gasteiger partial charge in [-0.05, 0) is 80.5 Å². The number of likely N-dealkylation sites (N-methyl/N-ethyl adjacent to an activating group) is 1. The number of aromatic nitrogens is 5. The predicted molar refractivity (Wildman–Crippen MR) is 182 cm³/mol. The van der Waals surface area contributed by atoms with Crippen molar-refractivity contribution in [2.75, 3.05) is 37.8 Å². The first-order valence-electron chi connectivity index (χ1n) is 15.8. The molecule has 1 aliphatic carbocycles. The fraction of sp³-hybridized carbons (Fsp3) is 0.278. The number of pyridine rings is 2. The van der Waals surface area contributed by atoms with Crippen LogP contribution in [0, 0.1) is 11.7 Å². The molecule has 1 amide bonds. The van der Waals surface area contributed by atoms with Crippen molar-refractivity contribution in [3.05, 3.63) is 79.0 Å². The fourth-order valence-electron chi connectivity index (χ4n) is 6.35. The fourth-order valence-corrected chi connectivity index (χ4v) is 6.35. The van der Waals surface area contributed by atoms with E-state index in [4.69, 9.17) is 0 Å². The maximum atomic E-state index is 14.7. The number of hydrogen-bond donors (Lipinski definition) is 4. The third kappa shape index (κ3) is 6.21. The molecular weight excluding hydrogens is 579 g/mol. The van der Waals surface area contributed by atoms with Crippen LogP contribution in [0.25, 0.3) is 55.6 Å². The first-order chi connectivity index (χ1) is 22.4. The molecule has 234 valence electrons. The standard InChI is InChI=1S/C36H37FN8O/c1-45(2)12-11-39-27-14-23(13-26(37)17-27)29-9-6-10-32-30(29)18-33(42-32)34-31-16-25(20-40-35(31)44-43-34)24-15-28(21-38-19-24)41-36(46)22-7-4-3-5-8-22/h6,9-10,13-22,39,42H,3-5,7-8,11-12H2,1-2H3,(H,41,46)(H,40,43,44). The molecule has 0 bridgehead atoms. The summed E-state index contributed by atoms with van der Waals surface area (Å²) < 4.78 is 14.7. The monoisotopic (exact) mass is 616 g/mol. The molecule has 0 spiro atoms. The van der Waals surface area contributed by atoms with Crippen LogP contribution in [0.1, 0.15) is 32.1 Å². The number of H-pyrrole nitrogens is 2. The van der Waals surface area contributed by atoms with Crippen molar-refractivity contribution in [1.29, 1.82) is 0 Å².